The van der Waals surface area contributed by atoms with Gasteiger partial charge in [0.05, 0.1) is 0 Å². The fourth-order valence-electron chi connectivity index (χ4n) is 11.3. The van der Waals surface area contributed by atoms with Gasteiger partial charge >= 0.3 is 0 Å². The Morgan fingerprint density at radius 3 is 1.38 bits per heavy atom. The minimum atomic E-state index is -0.0671. The van der Waals surface area contributed by atoms with Crippen LogP contribution in [0, 0.1) is 0 Å². The summed E-state index contributed by atoms with van der Waals surface area (Å²) < 4.78 is 0. The highest BCUT2D eigenvalue weighted by molar-refractivity contribution is 6.22. The second kappa shape index (κ2) is 12.6. The van der Waals surface area contributed by atoms with Crippen molar-refractivity contribution in [2.24, 2.45) is 0 Å². The highest BCUT2D eigenvalue weighted by Crippen LogP contribution is 2.54. The van der Waals surface area contributed by atoms with Crippen molar-refractivity contribution in [3.63, 3.8) is 0 Å². The molecule has 0 spiro atoms. The Kier molecular flexibility index (Phi) is 7.63. The van der Waals surface area contributed by atoms with Gasteiger partial charge in [-0.2, -0.15) is 0 Å². The Balaban J connectivity index is 1.22. The number of rotatable bonds is 4. The molecule has 0 aromatic heterocycles. The summed E-state index contributed by atoms with van der Waals surface area (Å²) in [4.78, 5) is 5.26. The summed E-state index contributed by atoms with van der Waals surface area (Å²) in [6, 6.07) is 47.8. The lowest BCUT2D eigenvalue weighted by molar-refractivity contribution is 0.578. The van der Waals surface area contributed by atoms with Gasteiger partial charge in [0.15, 0.2) is 0 Å². The summed E-state index contributed by atoms with van der Waals surface area (Å²) >= 11 is 0. The largest absolute Gasteiger partial charge is 0.372 e. The molecule has 0 amide bonds. The van der Waals surface area contributed by atoms with E-state index in [4.69, 9.17) is 0 Å². The van der Waals surface area contributed by atoms with Crippen LogP contribution in [0.2, 0.25) is 0 Å². The molecule has 278 valence electrons. The highest BCUT2D eigenvalue weighted by atomic mass is 15.1. The number of piperidine rings is 2. The van der Waals surface area contributed by atoms with Gasteiger partial charge in [0, 0.05) is 48.4 Å². The van der Waals surface area contributed by atoms with E-state index in [1.54, 1.807) is 0 Å². The van der Waals surface area contributed by atoms with Crippen molar-refractivity contribution < 1.29 is 0 Å². The SMILES string of the molecule is CC1(C)c2ccccc2-c2cc(-c3c4ccc(N5CCCCC5)cc4c(-c4ccc5c(c4)C(C)(C)c4ccccc4-5)c4ccc(N5CCCCC5)cc34)ccc21. The van der Waals surface area contributed by atoms with E-state index in [1.165, 1.54) is 138 Å². The van der Waals surface area contributed by atoms with Gasteiger partial charge in [-0.25, -0.2) is 0 Å². The van der Waals surface area contributed by atoms with Crippen LogP contribution in [0.25, 0.3) is 66.1 Å². The predicted molar refractivity (Wildman–Crippen MR) is 240 cm³/mol. The minimum absolute atomic E-state index is 0.0236. The monoisotopic (exact) mass is 728 g/mol. The lowest BCUT2D eigenvalue weighted by Crippen LogP contribution is -2.29. The Labute approximate surface area is 332 Å². The molecule has 0 atom stereocenters. The fourth-order valence-corrected chi connectivity index (χ4v) is 11.3. The topological polar surface area (TPSA) is 6.48 Å². The maximum absolute atomic E-state index is 2.63. The lowest BCUT2D eigenvalue weighted by Gasteiger charge is -2.31. The molecule has 0 radical (unpaired) electrons. The van der Waals surface area contributed by atoms with E-state index in [0.717, 1.165) is 26.2 Å². The summed E-state index contributed by atoms with van der Waals surface area (Å²) in [5.74, 6) is 0. The Hall–Kier alpha value is -5.34. The molecule has 4 aliphatic rings. The van der Waals surface area contributed by atoms with Crippen LogP contribution in [-0.2, 0) is 10.8 Å². The van der Waals surface area contributed by atoms with Gasteiger partial charge < -0.3 is 9.80 Å². The van der Waals surface area contributed by atoms with Crippen LogP contribution in [0.3, 0.4) is 0 Å². The normalized spacial score (nSPS) is 17.9. The minimum Gasteiger partial charge on any atom is -0.372 e. The van der Waals surface area contributed by atoms with Crippen LogP contribution in [0.5, 0.6) is 0 Å². The summed E-state index contributed by atoms with van der Waals surface area (Å²) in [5.41, 5.74) is 19.2. The Bertz CT molecular complexity index is 2720. The molecule has 0 unspecified atom stereocenters. The highest BCUT2D eigenvalue weighted by Gasteiger charge is 2.37. The molecule has 2 nitrogen and oxygen atoms in total. The third-order valence-corrected chi connectivity index (χ3v) is 14.3. The first-order chi connectivity index (χ1) is 27.3. The molecular formula is C54H52N2. The van der Waals surface area contributed by atoms with Gasteiger partial charge in [-0.15, -0.1) is 0 Å². The van der Waals surface area contributed by atoms with Crippen LogP contribution in [0.15, 0.2) is 121 Å². The van der Waals surface area contributed by atoms with Crippen LogP contribution < -0.4 is 9.80 Å². The third-order valence-electron chi connectivity index (χ3n) is 14.3. The van der Waals surface area contributed by atoms with Gasteiger partial charge in [-0.3, -0.25) is 0 Å². The maximum atomic E-state index is 2.63. The van der Waals surface area contributed by atoms with Crippen molar-refractivity contribution in [3.05, 3.63) is 144 Å². The quantitative estimate of drug-likeness (QED) is 0.167. The number of benzene rings is 7. The molecule has 56 heavy (non-hydrogen) atoms. The molecule has 2 aliphatic carbocycles. The molecule has 2 aliphatic heterocycles. The number of fused-ring (bicyclic) bond motifs is 8. The second-order valence-corrected chi connectivity index (χ2v) is 18.2. The summed E-state index contributed by atoms with van der Waals surface area (Å²) in [5, 5.41) is 5.40. The van der Waals surface area contributed by atoms with E-state index in [2.05, 4.69) is 159 Å². The molecule has 0 saturated carbocycles. The van der Waals surface area contributed by atoms with Crippen molar-refractivity contribution in [2.75, 3.05) is 36.0 Å². The standard InChI is InChI=1S/C54H52N2/c1-53(2)48-18-10-8-16-40(48)44-31-35(20-26-49(44)53)51-42-24-21-38(56-29-13-6-14-30-56)34-46(42)52(43-25-22-37(33-45(43)51)55-27-11-5-12-28-55)36-19-23-41-39-15-7-9-17-47(39)54(3,4)50(41)32-36/h7-10,15-26,31-34H,5-6,11-14,27-30H2,1-4H3. The van der Waals surface area contributed by atoms with Crippen molar-refractivity contribution in [3.8, 4) is 44.5 Å². The first-order valence-corrected chi connectivity index (χ1v) is 21.3. The first-order valence-electron chi connectivity index (χ1n) is 21.3. The zero-order chi connectivity index (χ0) is 37.8. The van der Waals surface area contributed by atoms with Gasteiger partial charge in [0.2, 0.25) is 0 Å². The number of nitrogens with zero attached hydrogens (tertiary/aromatic N) is 2. The summed E-state index contributed by atoms with van der Waals surface area (Å²) in [6.07, 6.45) is 7.71. The zero-order valence-electron chi connectivity index (χ0n) is 33.5. The van der Waals surface area contributed by atoms with E-state index in [1.807, 2.05) is 0 Å². The average molecular weight is 729 g/mol. The molecule has 2 saturated heterocycles. The van der Waals surface area contributed by atoms with Crippen molar-refractivity contribution in [1.29, 1.82) is 0 Å². The Morgan fingerprint density at radius 2 is 0.804 bits per heavy atom. The molecule has 0 bridgehead atoms. The molecular weight excluding hydrogens is 677 g/mol. The molecule has 11 rings (SSSR count). The second-order valence-electron chi connectivity index (χ2n) is 18.2. The fraction of sp³-hybridized carbons (Fsp3) is 0.296. The smallest absolute Gasteiger partial charge is 0.0372 e. The van der Waals surface area contributed by atoms with Crippen LogP contribution in [0.1, 0.15) is 88.5 Å². The number of hydrogen-bond donors (Lipinski definition) is 0. The third kappa shape index (κ3) is 5.00. The Morgan fingerprint density at radius 1 is 0.357 bits per heavy atom. The van der Waals surface area contributed by atoms with E-state index >= 15 is 0 Å². The van der Waals surface area contributed by atoms with Crippen LogP contribution >= 0.6 is 0 Å². The van der Waals surface area contributed by atoms with Gasteiger partial charge in [0.25, 0.3) is 0 Å². The van der Waals surface area contributed by atoms with Crippen molar-refractivity contribution in [2.45, 2.75) is 77.0 Å². The van der Waals surface area contributed by atoms with Crippen molar-refractivity contribution >= 4 is 32.9 Å². The molecule has 7 aromatic carbocycles. The average Bonchev–Trinajstić information content (AvgIpc) is 3.61. The zero-order valence-corrected chi connectivity index (χ0v) is 33.5. The maximum Gasteiger partial charge on any atom is 0.0372 e. The van der Waals surface area contributed by atoms with E-state index in [0.29, 0.717) is 0 Å². The molecule has 2 heterocycles. The van der Waals surface area contributed by atoms with E-state index < -0.39 is 0 Å². The summed E-state index contributed by atoms with van der Waals surface area (Å²) in [7, 11) is 0. The molecule has 0 N–H and O–H groups in total. The van der Waals surface area contributed by atoms with Gasteiger partial charge in [-0.1, -0.05) is 113 Å². The first kappa shape index (κ1) is 34.0. The number of hydrogen-bond acceptors (Lipinski definition) is 2. The predicted octanol–water partition coefficient (Wildman–Crippen LogP) is 13.9. The van der Waals surface area contributed by atoms with Crippen molar-refractivity contribution in [1.82, 2.24) is 0 Å². The molecule has 2 fully saturated rings. The lowest BCUT2D eigenvalue weighted by atomic mass is 9.80. The molecule has 2 heteroatoms. The summed E-state index contributed by atoms with van der Waals surface area (Å²) in [6.45, 7) is 14.1. The van der Waals surface area contributed by atoms with E-state index in [9.17, 15) is 0 Å². The molecule has 7 aromatic rings. The van der Waals surface area contributed by atoms with Crippen LogP contribution in [-0.4, -0.2) is 26.2 Å². The number of anilines is 2. The van der Waals surface area contributed by atoms with Gasteiger partial charge in [0.1, 0.15) is 0 Å². The van der Waals surface area contributed by atoms with Crippen LogP contribution in [0.4, 0.5) is 11.4 Å². The van der Waals surface area contributed by atoms with Gasteiger partial charge in [-0.05, 0) is 163 Å². The van der Waals surface area contributed by atoms with E-state index in [-0.39, 0.29) is 10.8 Å².